The molecule has 23 heavy (non-hydrogen) atoms. The van der Waals surface area contributed by atoms with Gasteiger partial charge in [0.05, 0.1) is 17.1 Å². The van der Waals surface area contributed by atoms with Crippen LogP contribution in [0.15, 0.2) is 60.7 Å². The van der Waals surface area contributed by atoms with Crippen molar-refractivity contribution in [2.45, 2.75) is 13.5 Å². The smallest absolute Gasteiger partial charge is 0.258 e. The molecule has 1 heterocycles. The summed E-state index contributed by atoms with van der Waals surface area (Å²) < 4.78 is 1.86. The van der Waals surface area contributed by atoms with Crippen LogP contribution in [-0.2, 0) is 6.54 Å². The van der Waals surface area contributed by atoms with Crippen LogP contribution < -0.4 is 5.32 Å². The maximum Gasteiger partial charge on any atom is 0.258 e. The van der Waals surface area contributed by atoms with Crippen molar-refractivity contribution in [2.75, 3.05) is 5.32 Å². The summed E-state index contributed by atoms with van der Waals surface area (Å²) in [6.07, 6.45) is 0. The summed E-state index contributed by atoms with van der Waals surface area (Å²) in [5.74, 6) is 0.253. The third kappa shape index (κ3) is 3.60. The molecule has 0 aliphatic carbocycles. The Hall–Kier alpha value is -2.59. The topological polar surface area (TPSA) is 46.9 Å². The van der Waals surface area contributed by atoms with Gasteiger partial charge in [-0.1, -0.05) is 54.1 Å². The van der Waals surface area contributed by atoms with Gasteiger partial charge in [-0.15, -0.1) is 0 Å². The fourth-order valence-electron chi connectivity index (χ4n) is 2.32. The second-order valence-corrected chi connectivity index (χ2v) is 5.66. The normalized spacial score (nSPS) is 10.5. The van der Waals surface area contributed by atoms with Gasteiger partial charge in [-0.25, -0.2) is 0 Å². The highest BCUT2D eigenvalue weighted by molar-refractivity contribution is 6.34. The first-order valence-electron chi connectivity index (χ1n) is 7.28. The fraction of sp³-hybridized carbons (Fsp3) is 0.111. The van der Waals surface area contributed by atoms with Crippen LogP contribution in [-0.4, -0.2) is 15.7 Å². The number of anilines is 1. The monoisotopic (exact) mass is 325 g/mol. The number of hydrogen-bond acceptors (Lipinski definition) is 2. The summed E-state index contributed by atoms with van der Waals surface area (Å²) in [6, 6.07) is 18.8. The zero-order valence-electron chi connectivity index (χ0n) is 12.7. The summed E-state index contributed by atoms with van der Waals surface area (Å²) in [7, 11) is 0. The van der Waals surface area contributed by atoms with Crippen LogP contribution in [0.25, 0.3) is 0 Å². The second-order valence-electron chi connectivity index (χ2n) is 5.25. The van der Waals surface area contributed by atoms with E-state index >= 15 is 0 Å². The number of carbonyl (C=O) groups excluding carboxylic acids is 1. The number of carbonyl (C=O) groups is 1. The molecular formula is C18H16ClN3O. The third-order valence-electron chi connectivity index (χ3n) is 3.52. The van der Waals surface area contributed by atoms with E-state index in [0.717, 1.165) is 11.3 Å². The predicted octanol–water partition coefficient (Wildman–Crippen LogP) is 4.15. The molecule has 0 unspecified atom stereocenters. The number of benzene rings is 2. The lowest BCUT2D eigenvalue weighted by Crippen LogP contribution is -2.13. The lowest BCUT2D eigenvalue weighted by atomic mass is 10.2. The Morgan fingerprint density at radius 1 is 1.13 bits per heavy atom. The maximum atomic E-state index is 12.3. The van der Waals surface area contributed by atoms with Gasteiger partial charge in [0.2, 0.25) is 0 Å². The van der Waals surface area contributed by atoms with Crippen LogP contribution in [0.4, 0.5) is 5.82 Å². The number of hydrogen-bond donors (Lipinski definition) is 1. The van der Waals surface area contributed by atoms with E-state index in [4.69, 9.17) is 11.6 Å². The first-order valence-corrected chi connectivity index (χ1v) is 7.65. The van der Waals surface area contributed by atoms with Crippen molar-refractivity contribution < 1.29 is 4.79 Å². The lowest BCUT2D eigenvalue weighted by Gasteiger charge is -2.05. The minimum atomic E-state index is -0.264. The van der Waals surface area contributed by atoms with Gasteiger partial charge < -0.3 is 5.32 Å². The average molecular weight is 326 g/mol. The molecule has 4 nitrogen and oxygen atoms in total. The van der Waals surface area contributed by atoms with Crippen molar-refractivity contribution in [2.24, 2.45) is 0 Å². The minimum absolute atomic E-state index is 0.264. The van der Waals surface area contributed by atoms with E-state index in [1.54, 1.807) is 24.3 Å². The summed E-state index contributed by atoms with van der Waals surface area (Å²) in [4.78, 5) is 12.3. The van der Waals surface area contributed by atoms with E-state index in [-0.39, 0.29) is 5.91 Å². The number of amides is 1. The van der Waals surface area contributed by atoms with Gasteiger partial charge in [0.25, 0.3) is 5.91 Å². The van der Waals surface area contributed by atoms with Crippen molar-refractivity contribution in [3.05, 3.63) is 82.5 Å². The van der Waals surface area contributed by atoms with Gasteiger partial charge in [0.1, 0.15) is 0 Å². The second kappa shape index (κ2) is 6.67. The first kappa shape index (κ1) is 15.3. The molecule has 1 aromatic heterocycles. The number of aromatic nitrogens is 2. The van der Waals surface area contributed by atoms with Crippen LogP contribution in [0.5, 0.6) is 0 Å². The molecule has 0 saturated heterocycles. The Morgan fingerprint density at radius 3 is 2.57 bits per heavy atom. The molecule has 1 amide bonds. The molecule has 0 fully saturated rings. The Morgan fingerprint density at radius 2 is 1.83 bits per heavy atom. The third-order valence-corrected chi connectivity index (χ3v) is 3.85. The summed E-state index contributed by atoms with van der Waals surface area (Å²) in [5, 5.41) is 7.65. The highest BCUT2D eigenvalue weighted by Crippen LogP contribution is 2.17. The van der Waals surface area contributed by atoms with Crippen LogP contribution in [0, 0.1) is 6.92 Å². The minimum Gasteiger partial charge on any atom is -0.305 e. The Labute approximate surface area is 139 Å². The van der Waals surface area contributed by atoms with E-state index in [0.29, 0.717) is 22.9 Å². The van der Waals surface area contributed by atoms with Gasteiger partial charge in [0, 0.05) is 11.8 Å². The Balaban J connectivity index is 1.76. The van der Waals surface area contributed by atoms with Gasteiger partial charge in [-0.2, -0.15) is 5.10 Å². The van der Waals surface area contributed by atoms with Crippen LogP contribution in [0.1, 0.15) is 21.6 Å². The number of aryl methyl sites for hydroxylation is 1. The Bertz CT molecular complexity index is 827. The molecule has 3 rings (SSSR count). The van der Waals surface area contributed by atoms with Gasteiger partial charge in [0.15, 0.2) is 5.82 Å². The van der Waals surface area contributed by atoms with Crippen molar-refractivity contribution in [3.63, 3.8) is 0 Å². The molecule has 3 aromatic rings. The average Bonchev–Trinajstić information content (AvgIpc) is 2.88. The highest BCUT2D eigenvalue weighted by atomic mass is 35.5. The zero-order chi connectivity index (χ0) is 16.2. The lowest BCUT2D eigenvalue weighted by molar-refractivity contribution is 0.102. The maximum absolute atomic E-state index is 12.3. The van der Waals surface area contributed by atoms with Crippen LogP contribution in [0.3, 0.4) is 0 Å². The van der Waals surface area contributed by atoms with Crippen molar-refractivity contribution >= 4 is 23.3 Å². The quantitative estimate of drug-likeness (QED) is 0.783. The molecule has 0 spiro atoms. The molecule has 0 aliphatic rings. The number of rotatable bonds is 4. The highest BCUT2D eigenvalue weighted by Gasteiger charge is 2.12. The molecule has 5 heteroatoms. The SMILES string of the molecule is Cc1cc(NC(=O)c2ccccc2Cl)nn1Cc1ccccc1. The Kier molecular flexibility index (Phi) is 4.44. The molecule has 0 radical (unpaired) electrons. The van der Waals surface area contributed by atoms with Crippen LogP contribution >= 0.6 is 11.6 Å². The molecular weight excluding hydrogens is 310 g/mol. The molecule has 2 aromatic carbocycles. The molecule has 0 aliphatic heterocycles. The van der Waals surface area contributed by atoms with Crippen LogP contribution in [0.2, 0.25) is 5.02 Å². The molecule has 0 saturated carbocycles. The molecule has 1 N–H and O–H groups in total. The summed E-state index contributed by atoms with van der Waals surface area (Å²) in [5.41, 5.74) is 2.57. The van der Waals surface area contributed by atoms with Gasteiger partial charge in [-0.05, 0) is 24.6 Å². The van der Waals surface area contributed by atoms with Crippen molar-refractivity contribution in [1.29, 1.82) is 0 Å². The van der Waals surface area contributed by atoms with E-state index in [9.17, 15) is 4.79 Å². The van der Waals surface area contributed by atoms with E-state index in [2.05, 4.69) is 10.4 Å². The summed E-state index contributed by atoms with van der Waals surface area (Å²) in [6.45, 7) is 2.62. The van der Waals surface area contributed by atoms with E-state index < -0.39 is 0 Å². The first-order chi connectivity index (χ1) is 11.1. The molecule has 0 atom stereocenters. The summed E-state index contributed by atoms with van der Waals surface area (Å²) >= 11 is 6.04. The van der Waals surface area contributed by atoms with Gasteiger partial charge in [-0.3, -0.25) is 9.48 Å². The van der Waals surface area contributed by atoms with Gasteiger partial charge >= 0.3 is 0 Å². The van der Waals surface area contributed by atoms with E-state index in [1.165, 1.54) is 0 Å². The fourth-order valence-corrected chi connectivity index (χ4v) is 2.54. The number of nitrogens with zero attached hydrogens (tertiary/aromatic N) is 2. The molecule has 116 valence electrons. The van der Waals surface area contributed by atoms with E-state index in [1.807, 2.05) is 48.0 Å². The molecule has 0 bridgehead atoms. The predicted molar refractivity (Wildman–Crippen MR) is 91.9 cm³/mol. The largest absolute Gasteiger partial charge is 0.305 e. The van der Waals surface area contributed by atoms with Crippen molar-refractivity contribution in [3.8, 4) is 0 Å². The zero-order valence-corrected chi connectivity index (χ0v) is 13.4. The number of nitrogens with one attached hydrogen (secondary N) is 1. The standard InChI is InChI=1S/C18H16ClN3O/c1-13-11-17(20-18(23)15-9-5-6-10-16(15)19)21-22(13)12-14-7-3-2-4-8-14/h2-11H,12H2,1H3,(H,20,21,23). The van der Waals surface area contributed by atoms with Crippen molar-refractivity contribution in [1.82, 2.24) is 9.78 Å². The number of halogens is 1.